The molecule has 2 aromatic rings. The van der Waals surface area contributed by atoms with Crippen molar-refractivity contribution < 1.29 is 4.79 Å². The van der Waals surface area contributed by atoms with Crippen LogP contribution >= 0.6 is 11.5 Å². The number of aromatic nitrogens is 4. The third-order valence-corrected chi connectivity index (χ3v) is 2.81. The summed E-state index contributed by atoms with van der Waals surface area (Å²) in [5.41, 5.74) is 1.19. The molecular formula is C9H10N4OS. The molecule has 0 spiro atoms. The van der Waals surface area contributed by atoms with E-state index in [1.807, 2.05) is 6.92 Å². The largest absolute Gasteiger partial charge is 0.286 e. The van der Waals surface area contributed by atoms with Gasteiger partial charge in [0.05, 0.1) is 5.69 Å². The Morgan fingerprint density at radius 2 is 2.40 bits per heavy atom. The van der Waals surface area contributed by atoms with Crippen molar-refractivity contribution >= 4 is 17.3 Å². The molecule has 0 N–H and O–H groups in total. The second-order valence-electron chi connectivity index (χ2n) is 3.11. The molecule has 2 heterocycles. The molecule has 0 aliphatic rings. The minimum Gasteiger partial charge on any atom is -0.286 e. The quantitative estimate of drug-likeness (QED) is 0.729. The topological polar surface area (TPSA) is 60.7 Å². The summed E-state index contributed by atoms with van der Waals surface area (Å²) in [6.45, 7) is 1.95. The first kappa shape index (κ1) is 9.97. The van der Waals surface area contributed by atoms with Crippen molar-refractivity contribution in [1.82, 2.24) is 19.4 Å². The molecule has 0 amide bonds. The van der Waals surface area contributed by atoms with E-state index in [0.717, 1.165) is 17.2 Å². The summed E-state index contributed by atoms with van der Waals surface area (Å²) >= 11 is 1.13. The van der Waals surface area contributed by atoms with Crippen LogP contribution in [0.4, 0.5) is 0 Å². The van der Waals surface area contributed by atoms with Crippen LogP contribution in [-0.2, 0) is 13.5 Å². The molecule has 2 aromatic heterocycles. The maximum absolute atomic E-state index is 12.0. The fourth-order valence-corrected chi connectivity index (χ4v) is 1.96. The Bertz CT molecular complexity index is 488. The van der Waals surface area contributed by atoms with Gasteiger partial charge in [0.2, 0.25) is 5.78 Å². The molecule has 2 rings (SSSR count). The first-order valence-electron chi connectivity index (χ1n) is 4.58. The molecule has 5 nitrogen and oxygen atoms in total. The summed E-state index contributed by atoms with van der Waals surface area (Å²) in [4.78, 5) is 12.5. The van der Waals surface area contributed by atoms with Crippen LogP contribution in [0.3, 0.4) is 0 Å². The Labute approximate surface area is 90.9 Å². The van der Waals surface area contributed by atoms with Crippen molar-refractivity contribution in [3.05, 3.63) is 28.5 Å². The SMILES string of the molecule is CCc1nnsc1C(=O)c1ccn(C)n1. The molecule has 0 saturated carbocycles. The first-order chi connectivity index (χ1) is 7.22. The van der Waals surface area contributed by atoms with E-state index in [0.29, 0.717) is 17.0 Å². The van der Waals surface area contributed by atoms with Crippen molar-refractivity contribution in [3.8, 4) is 0 Å². The number of ketones is 1. The van der Waals surface area contributed by atoms with E-state index in [9.17, 15) is 4.79 Å². The number of rotatable bonds is 3. The van der Waals surface area contributed by atoms with Gasteiger partial charge in [0.25, 0.3) is 0 Å². The lowest BCUT2D eigenvalue weighted by molar-refractivity contribution is 0.103. The first-order valence-corrected chi connectivity index (χ1v) is 5.35. The summed E-state index contributed by atoms with van der Waals surface area (Å²) in [5, 5.41) is 7.96. The number of nitrogens with zero attached hydrogens (tertiary/aromatic N) is 4. The summed E-state index contributed by atoms with van der Waals surface area (Å²) in [6.07, 6.45) is 2.46. The van der Waals surface area contributed by atoms with Crippen LogP contribution in [0.2, 0.25) is 0 Å². The van der Waals surface area contributed by atoms with Crippen molar-refractivity contribution in [2.75, 3.05) is 0 Å². The number of carbonyl (C=O) groups is 1. The fraction of sp³-hybridized carbons (Fsp3) is 0.333. The van der Waals surface area contributed by atoms with Crippen molar-refractivity contribution in [1.29, 1.82) is 0 Å². The molecule has 0 aliphatic heterocycles. The van der Waals surface area contributed by atoms with Gasteiger partial charge in [-0.15, -0.1) is 5.10 Å². The lowest BCUT2D eigenvalue weighted by atomic mass is 10.2. The summed E-state index contributed by atoms with van der Waals surface area (Å²) in [7, 11) is 1.78. The molecule has 15 heavy (non-hydrogen) atoms. The van der Waals surface area contributed by atoms with Crippen LogP contribution in [0, 0.1) is 0 Å². The molecule has 0 unspecified atom stereocenters. The van der Waals surface area contributed by atoms with Crippen molar-refractivity contribution in [3.63, 3.8) is 0 Å². The molecular weight excluding hydrogens is 212 g/mol. The minimum absolute atomic E-state index is 0.0950. The van der Waals surface area contributed by atoms with Gasteiger partial charge in [0.15, 0.2) is 0 Å². The highest BCUT2D eigenvalue weighted by molar-refractivity contribution is 7.08. The Balaban J connectivity index is 2.36. The predicted molar refractivity (Wildman–Crippen MR) is 55.9 cm³/mol. The average molecular weight is 222 g/mol. The summed E-state index contributed by atoms with van der Waals surface area (Å²) < 4.78 is 5.39. The molecule has 0 saturated heterocycles. The highest BCUT2D eigenvalue weighted by Gasteiger charge is 2.18. The Kier molecular flexibility index (Phi) is 2.59. The molecule has 0 atom stereocenters. The van der Waals surface area contributed by atoms with Gasteiger partial charge in [-0.3, -0.25) is 9.48 Å². The molecule has 0 bridgehead atoms. The third kappa shape index (κ3) is 1.80. The average Bonchev–Trinajstić information content (AvgIpc) is 2.84. The van der Waals surface area contributed by atoms with E-state index in [4.69, 9.17) is 0 Å². The monoisotopic (exact) mass is 222 g/mol. The number of hydrogen-bond donors (Lipinski definition) is 0. The van der Waals surface area contributed by atoms with Gasteiger partial charge < -0.3 is 0 Å². The molecule has 0 aliphatic carbocycles. The van der Waals surface area contributed by atoms with Gasteiger partial charge in [-0.25, -0.2) is 0 Å². The highest BCUT2D eigenvalue weighted by Crippen LogP contribution is 2.15. The van der Waals surface area contributed by atoms with Crippen LogP contribution in [0.15, 0.2) is 12.3 Å². The fourth-order valence-electron chi connectivity index (χ4n) is 1.26. The van der Waals surface area contributed by atoms with Crippen LogP contribution in [0.25, 0.3) is 0 Å². The second-order valence-corrected chi connectivity index (χ2v) is 3.86. The Hall–Kier alpha value is -1.56. The summed E-state index contributed by atoms with van der Waals surface area (Å²) in [5.74, 6) is -0.0950. The van der Waals surface area contributed by atoms with Gasteiger partial charge in [-0.1, -0.05) is 11.4 Å². The van der Waals surface area contributed by atoms with Gasteiger partial charge in [0, 0.05) is 13.2 Å². The Morgan fingerprint density at radius 3 is 3.00 bits per heavy atom. The highest BCUT2D eigenvalue weighted by atomic mass is 32.1. The zero-order valence-corrected chi connectivity index (χ0v) is 9.28. The van der Waals surface area contributed by atoms with E-state index < -0.39 is 0 Å². The molecule has 0 radical (unpaired) electrons. The lowest BCUT2D eigenvalue weighted by Gasteiger charge is -1.94. The number of hydrogen-bond acceptors (Lipinski definition) is 5. The predicted octanol–water partition coefficient (Wildman–Crippen LogP) is 1.06. The maximum atomic E-state index is 12.0. The van der Waals surface area contributed by atoms with E-state index in [1.165, 1.54) is 0 Å². The molecule has 0 aromatic carbocycles. The van der Waals surface area contributed by atoms with Gasteiger partial charge in [-0.05, 0) is 24.0 Å². The van der Waals surface area contributed by atoms with Crippen LogP contribution in [0.1, 0.15) is 28.0 Å². The second kappa shape index (κ2) is 3.90. The molecule has 0 fully saturated rings. The van der Waals surface area contributed by atoms with Gasteiger partial charge >= 0.3 is 0 Å². The van der Waals surface area contributed by atoms with Gasteiger partial charge in [0.1, 0.15) is 10.6 Å². The van der Waals surface area contributed by atoms with E-state index in [2.05, 4.69) is 14.7 Å². The number of aryl methyl sites for hydroxylation is 2. The van der Waals surface area contributed by atoms with E-state index in [1.54, 1.807) is 24.0 Å². The third-order valence-electron chi connectivity index (χ3n) is 2.04. The van der Waals surface area contributed by atoms with Crippen LogP contribution in [-0.4, -0.2) is 25.2 Å². The molecule has 78 valence electrons. The minimum atomic E-state index is -0.0950. The van der Waals surface area contributed by atoms with E-state index in [-0.39, 0.29) is 5.78 Å². The van der Waals surface area contributed by atoms with Crippen molar-refractivity contribution in [2.24, 2.45) is 7.05 Å². The Morgan fingerprint density at radius 1 is 1.60 bits per heavy atom. The zero-order chi connectivity index (χ0) is 10.8. The standard InChI is InChI=1S/C9H10N4OS/c1-3-6-9(15-12-10-6)8(14)7-4-5-13(2)11-7/h4-5H,3H2,1-2H3. The molecule has 6 heteroatoms. The lowest BCUT2D eigenvalue weighted by Crippen LogP contribution is -2.04. The normalized spacial score (nSPS) is 10.5. The smallest absolute Gasteiger partial charge is 0.226 e. The maximum Gasteiger partial charge on any atom is 0.226 e. The van der Waals surface area contributed by atoms with E-state index >= 15 is 0 Å². The van der Waals surface area contributed by atoms with Crippen molar-refractivity contribution in [2.45, 2.75) is 13.3 Å². The summed E-state index contributed by atoms with van der Waals surface area (Å²) in [6, 6.07) is 1.70. The number of carbonyl (C=O) groups excluding carboxylic acids is 1. The van der Waals surface area contributed by atoms with Crippen LogP contribution in [0.5, 0.6) is 0 Å². The van der Waals surface area contributed by atoms with Crippen LogP contribution < -0.4 is 0 Å². The zero-order valence-electron chi connectivity index (χ0n) is 8.47. The van der Waals surface area contributed by atoms with Gasteiger partial charge in [-0.2, -0.15) is 5.10 Å².